The van der Waals surface area contributed by atoms with Crippen LogP contribution in [-0.2, 0) is 11.2 Å². The van der Waals surface area contributed by atoms with E-state index in [9.17, 15) is 13.6 Å². The zero-order valence-electron chi connectivity index (χ0n) is 10.3. The summed E-state index contributed by atoms with van der Waals surface area (Å²) in [7, 11) is 0. The Labute approximate surface area is 106 Å². The van der Waals surface area contributed by atoms with Gasteiger partial charge in [0.15, 0.2) is 0 Å². The van der Waals surface area contributed by atoms with Crippen molar-refractivity contribution in [1.82, 2.24) is 4.90 Å². The van der Waals surface area contributed by atoms with Gasteiger partial charge < -0.3 is 4.90 Å². The monoisotopic (exact) mass is 253 g/mol. The minimum atomic E-state index is -0.641. The van der Waals surface area contributed by atoms with Gasteiger partial charge in [-0.3, -0.25) is 4.79 Å². The van der Waals surface area contributed by atoms with Crippen molar-refractivity contribution in [2.75, 3.05) is 13.1 Å². The molecule has 0 unspecified atom stereocenters. The molecule has 0 spiro atoms. The topological polar surface area (TPSA) is 20.3 Å². The highest BCUT2D eigenvalue weighted by Crippen LogP contribution is 2.14. The van der Waals surface area contributed by atoms with E-state index in [1.807, 2.05) is 0 Å². The largest absolute Gasteiger partial charge is 0.342 e. The minimum Gasteiger partial charge on any atom is -0.342 e. The molecule has 1 aromatic rings. The summed E-state index contributed by atoms with van der Waals surface area (Å²) in [6, 6.07) is 3.36. The Balaban J connectivity index is 2.01. The number of hydrogen-bond acceptors (Lipinski definition) is 1. The number of benzene rings is 1. The Morgan fingerprint density at radius 2 is 1.78 bits per heavy atom. The molecule has 1 aliphatic heterocycles. The van der Waals surface area contributed by atoms with E-state index in [2.05, 4.69) is 0 Å². The van der Waals surface area contributed by atoms with E-state index >= 15 is 0 Å². The average Bonchev–Trinajstić information content (AvgIpc) is 2.61. The summed E-state index contributed by atoms with van der Waals surface area (Å²) in [6.07, 6.45) is 4.34. The van der Waals surface area contributed by atoms with E-state index in [0.717, 1.165) is 44.8 Å². The van der Waals surface area contributed by atoms with Gasteiger partial charge in [-0.15, -0.1) is 0 Å². The van der Waals surface area contributed by atoms with Gasteiger partial charge in [-0.05, 0) is 24.5 Å². The van der Waals surface area contributed by atoms with Gasteiger partial charge in [-0.2, -0.15) is 0 Å². The molecule has 0 bridgehead atoms. The zero-order valence-corrected chi connectivity index (χ0v) is 10.3. The maximum Gasteiger partial charge on any atom is 0.227 e. The van der Waals surface area contributed by atoms with Crippen molar-refractivity contribution in [3.05, 3.63) is 35.4 Å². The van der Waals surface area contributed by atoms with Crippen molar-refractivity contribution in [2.24, 2.45) is 0 Å². The molecule has 1 aromatic carbocycles. The van der Waals surface area contributed by atoms with E-state index in [1.165, 1.54) is 12.1 Å². The van der Waals surface area contributed by atoms with Crippen molar-refractivity contribution < 1.29 is 13.6 Å². The SMILES string of the molecule is O=C(Cc1ccc(F)cc1F)N1CCCCCC1. The van der Waals surface area contributed by atoms with Gasteiger partial charge in [0, 0.05) is 19.2 Å². The fourth-order valence-electron chi connectivity index (χ4n) is 2.26. The van der Waals surface area contributed by atoms with E-state index in [1.54, 1.807) is 4.90 Å². The van der Waals surface area contributed by atoms with Crippen molar-refractivity contribution in [1.29, 1.82) is 0 Å². The summed E-state index contributed by atoms with van der Waals surface area (Å²) < 4.78 is 26.2. The number of carbonyl (C=O) groups excluding carboxylic acids is 1. The van der Waals surface area contributed by atoms with Crippen LogP contribution >= 0.6 is 0 Å². The fraction of sp³-hybridized carbons (Fsp3) is 0.500. The standard InChI is InChI=1S/C14H17F2NO/c15-12-6-5-11(13(16)10-12)9-14(18)17-7-3-1-2-4-8-17/h5-6,10H,1-4,7-9H2. The highest BCUT2D eigenvalue weighted by molar-refractivity contribution is 5.78. The van der Waals surface area contributed by atoms with Gasteiger partial charge in [-0.1, -0.05) is 18.9 Å². The quantitative estimate of drug-likeness (QED) is 0.793. The molecule has 2 rings (SSSR count). The highest BCUT2D eigenvalue weighted by atomic mass is 19.1. The molecule has 1 aliphatic rings. The van der Waals surface area contributed by atoms with Crippen LogP contribution in [0.1, 0.15) is 31.2 Å². The van der Waals surface area contributed by atoms with Crippen LogP contribution < -0.4 is 0 Å². The third-order valence-electron chi connectivity index (χ3n) is 3.32. The lowest BCUT2D eigenvalue weighted by Gasteiger charge is -2.20. The van der Waals surface area contributed by atoms with Crippen LogP contribution in [0.15, 0.2) is 18.2 Å². The number of likely N-dealkylation sites (tertiary alicyclic amines) is 1. The summed E-state index contributed by atoms with van der Waals surface area (Å²) >= 11 is 0. The first-order valence-corrected chi connectivity index (χ1v) is 6.38. The van der Waals surface area contributed by atoms with Gasteiger partial charge in [0.05, 0.1) is 6.42 Å². The van der Waals surface area contributed by atoms with E-state index in [0.29, 0.717) is 0 Å². The molecular weight excluding hydrogens is 236 g/mol. The highest BCUT2D eigenvalue weighted by Gasteiger charge is 2.17. The second kappa shape index (κ2) is 5.94. The number of hydrogen-bond donors (Lipinski definition) is 0. The molecule has 0 radical (unpaired) electrons. The van der Waals surface area contributed by atoms with Gasteiger partial charge in [0.25, 0.3) is 0 Å². The normalized spacial score (nSPS) is 16.4. The summed E-state index contributed by atoms with van der Waals surface area (Å²) in [6.45, 7) is 1.50. The molecule has 1 saturated heterocycles. The molecule has 18 heavy (non-hydrogen) atoms. The van der Waals surface area contributed by atoms with Crippen LogP contribution in [0.3, 0.4) is 0 Å². The van der Waals surface area contributed by atoms with E-state index < -0.39 is 11.6 Å². The first kappa shape index (κ1) is 13.0. The maximum atomic E-state index is 13.4. The summed E-state index contributed by atoms with van der Waals surface area (Å²) in [4.78, 5) is 13.8. The van der Waals surface area contributed by atoms with Crippen LogP contribution in [0.2, 0.25) is 0 Å². The predicted octanol–water partition coefficient (Wildman–Crippen LogP) is 2.91. The third-order valence-corrected chi connectivity index (χ3v) is 3.32. The van der Waals surface area contributed by atoms with Crippen LogP contribution in [0.25, 0.3) is 0 Å². The second-order valence-electron chi connectivity index (χ2n) is 4.71. The number of rotatable bonds is 2. The van der Waals surface area contributed by atoms with E-state index in [4.69, 9.17) is 0 Å². The van der Waals surface area contributed by atoms with Gasteiger partial charge >= 0.3 is 0 Å². The van der Waals surface area contributed by atoms with Gasteiger partial charge in [-0.25, -0.2) is 8.78 Å². The lowest BCUT2D eigenvalue weighted by atomic mass is 10.1. The van der Waals surface area contributed by atoms with Crippen LogP contribution in [0.5, 0.6) is 0 Å². The number of nitrogens with zero attached hydrogens (tertiary/aromatic N) is 1. The number of amides is 1. The molecule has 1 amide bonds. The molecular formula is C14H17F2NO. The second-order valence-corrected chi connectivity index (χ2v) is 4.71. The lowest BCUT2D eigenvalue weighted by Crippen LogP contribution is -2.33. The molecule has 1 fully saturated rings. The lowest BCUT2D eigenvalue weighted by molar-refractivity contribution is -0.130. The third kappa shape index (κ3) is 3.28. The predicted molar refractivity (Wildman–Crippen MR) is 65.1 cm³/mol. The van der Waals surface area contributed by atoms with Crippen LogP contribution in [0, 0.1) is 11.6 Å². The van der Waals surface area contributed by atoms with Gasteiger partial charge in [0.1, 0.15) is 11.6 Å². The molecule has 2 nitrogen and oxygen atoms in total. The minimum absolute atomic E-state index is 0.0200. The first-order valence-electron chi connectivity index (χ1n) is 6.38. The Kier molecular flexibility index (Phi) is 4.28. The fourth-order valence-corrected chi connectivity index (χ4v) is 2.26. The van der Waals surface area contributed by atoms with Crippen molar-refractivity contribution in [3.63, 3.8) is 0 Å². The van der Waals surface area contributed by atoms with E-state index in [-0.39, 0.29) is 17.9 Å². The average molecular weight is 253 g/mol. The Hall–Kier alpha value is -1.45. The van der Waals surface area contributed by atoms with Crippen LogP contribution in [0.4, 0.5) is 8.78 Å². The van der Waals surface area contributed by atoms with Crippen molar-refractivity contribution in [2.45, 2.75) is 32.1 Å². The number of carbonyl (C=O) groups is 1. The maximum absolute atomic E-state index is 13.4. The first-order chi connectivity index (χ1) is 8.66. The molecule has 98 valence electrons. The van der Waals surface area contributed by atoms with Gasteiger partial charge in [0.2, 0.25) is 5.91 Å². The molecule has 0 saturated carbocycles. The molecule has 0 aromatic heterocycles. The number of halogens is 2. The smallest absolute Gasteiger partial charge is 0.227 e. The zero-order chi connectivity index (χ0) is 13.0. The summed E-state index contributed by atoms with van der Waals surface area (Å²) in [5, 5.41) is 0. The molecule has 4 heteroatoms. The molecule has 0 aliphatic carbocycles. The Bertz CT molecular complexity index is 426. The molecule has 0 atom stereocenters. The summed E-state index contributed by atoms with van der Waals surface area (Å²) in [5.74, 6) is -1.32. The Morgan fingerprint density at radius 1 is 1.11 bits per heavy atom. The van der Waals surface area contributed by atoms with Crippen molar-refractivity contribution >= 4 is 5.91 Å². The molecule has 0 N–H and O–H groups in total. The summed E-state index contributed by atoms with van der Waals surface area (Å²) in [5.41, 5.74) is 0.269. The van der Waals surface area contributed by atoms with Crippen molar-refractivity contribution in [3.8, 4) is 0 Å². The Morgan fingerprint density at radius 3 is 2.39 bits per heavy atom. The molecule has 1 heterocycles. The van der Waals surface area contributed by atoms with Crippen LogP contribution in [-0.4, -0.2) is 23.9 Å².